The molecule has 0 spiro atoms. The molecule has 3 heterocycles. The molecule has 2 aromatic heterocycles. The third-order valence-corrected chi connectivity index (χ3v) is 9.35. The number of anilines is 1. The maximum Gasteiger partial charge on any atom is 0.357 e. The Morgan fingerprint density at radius 2 is 1.77 bits per heavy atom. The monoisotopic (exact) mass is 654 g/mol. The van der Waals surface area contributed by atoms with Crippen LogP contribution in [0.4, 0.5) is 5.69 Å². The van der Waals surface area contributed by atoms with E-state index in [9.17, 15) is 14.4 Å². The molecule has 4 N–H and O–H groups in total. The number of fused-ring (bicyclic) bond motifs is 3. The van der Waals surface area contributed by atoms with Gasteiger partial charge >= 0.3 is 5.97 Å². The van der Waals surface area contributed by atoms with E-state index in [-0.39, 0.29) is 29.2 Å². The fourth-order valence-electron chi connectivity index (χ4n) is 5.84. The summed E-state index contributed by atoms with van der Waals surface area (Å²) in [5.74, 6) is -0.858. The molecule has 5 rings (SSSR count). The van der Waals surface area contributed by atoms with Crippen LogP contribution in [0.15, 0.2) is 60.0 Å². The van der Waals surface area contributed by atoms with Gasteiger partial charge in [0.1, 0.15) is 11.4 Å². The predicted octanol–water partition coefficient (Wildman–Crippen LogP) is 7.39. The van der Waals surface area contributed by atoms with Crippen molar-refractivity contribution in [3.05, 3.63) is 88.1 Å². The molecule has 246 valence electrons. The minimum absolute atomic E-state index is 0.0141. The zero-order chi connectivity index (χ0) is 33.3. The summed E-state index contributed by atoms with van der Waals surface area (Å²) in [6, 6.07) is 16.2. The second-order valence-corrected chi connectivity index (χ2v) is 12.6. The third-order valence-electron chi connectivity index (χ3n) is 8.36. The number of carbonyl (C=O) groups excluding carboxylic acids is 3. The van der Waals surface area contributed by atoms with Gasteiger partial charge in [-0.1, -0.05) is 51.7 Å². The van der Waals surface area contributed by atoms with Gasteiger partial charge in [-0.2, -0.15) is 0 Å². The van der Waals surface area contributed by atoms with Crippen molar-refractivity contribution in [3.63, 3.8) is 0 Å². The smallest absolute Gasteiger partial charge is 0.357 e. The fourth-order valence-corrected chi connectivity index (χ4v) is 6.82. The van der Waals surface area contributed by atoms with Crippen LogP contribution in [0.2, 0.25) is 0 Å². The van der Waals surface area contributed by atoms with Crippen molar-refractivity contribution in [2.45, 2.75) is 71.4 Å². The van der Waals surface area contributed by atoms with E-state index in [4.69, 9.17) is 15.2 Å². The standard InChI is InChI=1S/C37H42N4O5S/c1-4-6-7-9-25(8-5-2)40-36(43)31-15-14-27(33(41-31)37(44)45-3)28-21-32-30(34-24(16-18-46-32)17-19-47-34)20-29(28)35(42)39-26-12-10-23(22-38)11-13-26/h10-15,17,19-21,25H,4-9,16,18,22,38H2,1-3H3,(H,39,42)(H,40,43). The van der Waals surface area contributed by atoms with E-state index in [1.165, 1.54) is 7.11 Å². The first-order valence-corrected chi connectivity index (χ1v) is 17.1. The lowest BCUT2D eigenvalue weighted by Crippen LogP contribution is -2.35. The number of amides is 2. The van der Waals surface area contributed by atoms with Gasteiger partial charge in [0.15, 0.2) is 5.69 Å². The summed E-state index contributed by atoms with van der Waals surface area (Å²) in [6.45, 7) is 5.10. The summed E-state index contributed by atoms with van der Waals surface area (Å²) < 4.78 is 11.3. The highest BCUT2D eigenvalue weighted by molar-refractivity contribution is 7.13. The molecule has 47 heavy (non-hydrogen) atoms. The topological polar surface area (TPSA) is 133 Å². The SMILES string of the molecule is CCCCCC(CCC)NC(=O)c1ccc(-c2cc3c(cc2C(=O)Nc2ccc(CN)cc2)-c2sccc2CCO3)c(C(=O)OC)n1. The van der Waals surface area contributed by atoms with Crippen LogP contribution in [0.5, 0.6) is 5.75 Å². The predicted molar refractivity (Wildman–Crippen MR) is 186 cm³/mol. The molecule has 0 fully saturated rings. The molecule has 4 aromatic rings. The van der Waals surface area contributed by atoms with Crippen LogP contribution in [0.25, 0.3) is 21.6 Å². The van der Waals surface area contributed by atoms with Gasteiger partial charge in [-0.3, -0.25) is 9.59 Å². The number of carbonyl (C=O) groups is 3. The summed E-state index contributed by atoms with van der Waals surface area (Å²) in [4.78, 5) is 46.2. The maximum atomic E-state index is 14.0. The number of esters is 1. The average molecular weight is 655 g/mol. The number of benzene rings is 2. The molecule has 1 aliphatic heterocycles. The van der Waals surface area contributed by atoms with Gasteiger partial charge in [0.2, 0.25) is 0 Å². The van der Waals surface area contributed by atoms with E-state index in [0.29, 0.717) is 41.3 Å². The Balaban J connectivity index is 1.58. The van der Waals surface area contributed by atoms with Gasteiger partial charge in [0.25, 0.3) is 11.8 Å². The van der Waals surface area contributed by atoms with E-state index in [0.717, 1.165) is 66.5 Å². The van der Waals surface area contributed by atoms with Crippen molar-refractivity contribution >= 4 is 34.8 Å². The largest absolute Gasteiger partial charge is 0.493 e. The number of ether oxygens (including phenoxy) is 2. The van der Waals surface area contributed by atoms with Crippen LogP contribution in [0.1, 0.15) is 94.8 Å². The van der Waals surface area contributed by atoms with Crippen molar-refractivity contribution in [3.8, 4) is 27.3 Å². The van der Waals surface area contributed by atoms with Crippen molar-refractivity contribution in [2.24, 2.45) is 5.73 Å². The molecule has 0 saturated carbocycles. The Bertz CT molecular complexity index is 1730. The van der Waals surface area contributed by atoms with Crippen molar-refractivity contribution in [1.82, 2.24) is 10.3 Å². The number of thiophene rings is 1. The second kappa shape index (κ2) is 15.8. The van der Waals surface area contributed by atoms with Gasteiger partial charge in [-0.25, -0.2) is 9.78 Å². The van der Waals surface area contributed by atoms with Crippen LogP contribution in [0, 0.1) is 0 Å². The minimum atomic E-state index is -0.720. The summed E-state index contributed by atoms with van der Waals surface area (Å²) in [5.41, 5.74) is 10.4. The van der Waals surface area contributed by atoms with E-state index in [2.05, 4.69) is 35.5 Å². The number of methoxy groups -OCH3 is 1. The first-order valence-electron chi connectivity index (χ1n) is 16.2. The van der Waals surface area contributed by atoms with Crippen LogP contribution >= 0.6 is 11.3 Å². The molecule has 0 bridgehead atoms. The van der Waals surface area contributed by atoms with Crippen molar-refractivity contribution in [1.29, 1.82) is 0 Å². The highest BCUT2D eigenvalue weighted by Crippen LogP contribution is 2.43. The molecule has 10 heteroatoms. The molecular formula is C37H42N4O5S. The number of aromatic nitrogens is 1. The quantitative estimate of drug-likeness (QED) is 0.101. The number of hydrogen-bond donors (Lipinski definition) is 3. The van der Waals surface area contributed by atoms with E-state index in [1.807, 2.05) is 23.6 Å². The van der Waals surface area contributed by atoms with E-state index < -0.39 is 5.97 Å². The number of nitrogens with zero attached hydrogens (tertiary/aromatic N) is 1. The number of pyridine rings is 1. The molecule has 9 nitrogen and oxygen atoms in total. The Kier molecular flexibility index (Phi) is 11.4. The number of hydrogen-bond acceptors (Lipinski definition) is 8. The molecule has 1 unspecified atom stereocenters. The molecule has 2 aromatic carbocycles. The highest BCUT2D eigenvalue weighted by atomic mass is 32.1. The van der Waals surface area contributed by atoms with Gasteiger partial charge in [-0.05, 0) is 71.8 Å². The van der Waals surface area contributed by atoms with Crippen molar-refractivity contribution in [2.75, 3.05) is 19.0 Å². The first kappa shape index (κ1) is 33.8. The van der Waals surface area contributed by atoms with Gasteiger partial charge in [0.05, 0.1) is 13.7 Å². The number of nitrogens with one attached hydrogen (secondary N) is 2. The summed E-state index contributed by atoms with van der Waals surface area (Å²) in [5, 5.41) is 8.13. The van der Waals surface area contributed by atoms with E-state index in [1.54, 1.807) is 41.7 Å². The molecular weight excluding hydrogens is 612 g/mol. The minimum Gasteiger partial charge on any atom is -0.493 e. The number of nitrogens with two attached hydrogens (primary N) is 1. The van der Waals surface area contributed by atoms with Gasteiger partial charge < -0.3 is 25.8 Å². The lowest BCUT2D eigenvalue weighted by Gasteiger charge is -2.19. The number of unbranched alkanes of at least 4 members (excludes halogenated alkanes) is 2. The molecule has 0 saturated heterocycles. The maximum absolute atomic E-state index is 14.0. The normalized spacial score (nSPS) is 12.6. The summed E-state index contributed by atoms with van der Waals surface area (Å²) >= 11 is 1.59. The Morgan fingerprint density at radius 3 is 2.49 bits per heavy atom. The van der Waals surface area contributed by atoms with Gasteiger partial charge in [0, 0.05) is 51.8 Å². The van der Waals surface area contributed by atoms with Crippen LogP contribution in [-0.2, 0) is 17.7 Å². The summed E-state index contributed by atoms with van der Waals surface area (Å²) in [6.07, 6.45) is 6.62. The first-order chi connectivity index (χ1) is 22.9. The average Bonchev–Trinajstić information content (AvgIpc) is 3.49. The van der Waals surface area contributed by atoms with Gasteiger partial charge in [-0.15, -0.1) is 11.3 Å². The second-order valence-electron chi connectivity index (χ2n) is 11.7. The summed E-state index contributed by atoms with van der Waals surface area (Å²) in [7, 11) is 1.27. The molecule has 1 aliphatic rings. The van der Waals surface area contributed by atoms with Crippen LogP contribution in [0.3, 0.4) is 0 Å². The molecule has 0 aliphatic carbocycles. The molecule has 1 atom stereocenters. The lowest BCUT2D eigenvalue weighted by atomic mass is 9.93. The fraction of sp³-hybridized carbons (Fsp3) is 0.351. The van der Waals surface area contributed by atoms with Crippen LogP contribution in [-0.4, -0.2) is 42.5 Å². The zero-order valence-corrected chi connectivity index (χ0v) is 28.0. The zero-order valence-electron chi connectivity index (χ0n) is 27.2. The van der Waals surface area contributed by atoms with Crippen molar-refractivity contribution < 1.29 is 23.9 Å². The Morgan fingerprint density at radius 1 is 0.957 bits per heavy atom. The highest BCUT2D eigenvalue weighted by Gasteiger charge is 2.27. The third kappa shape index (κ3) is 7.89. The van der Waals surface area contributed by atoms with E-state index >= 15 is 0 Å². The lowest BCUT2D eigenvalue weighted by molar-refractivity contribution is 0.0594. The number of rotatable bonds is 13. The molecule has 0 radical (unpaired) electrons. The molecule has 2 amide bonds. The Labute approximate surface area is 279 Å². The Hall–Kier alpha value is -4.54. The van der Waals surface area contributed by atoms with Crippen LogP contribution < -0.4 is 21.1 Å².